The van der Waals surface area contributed by atoms with Crippen LogP contribution < -0.4 is 5.32 Å². The summed E-state index contributed by atoms with van der Waals surface area (Å²) in [5, 5.41) is 3.09. The predicted octanol–water partition coefficient (Wildman–Crippen LogP) is 2.58. The summed E-state index contributed by atoms with van der Waals surface area (Å²) >= 11 is 6.95. The minimum Gasteiger partial charge on any atom is -0.313 e. The molecule has 0 aliphatic heterocycles. The lowest BCUT2D eigenvalue weighted by molar-refractivity contribution is 0.754. The average molecular weight is 319 g/mol. The second kappa shape index (κ2) is 4.00. The molecule has 14 heavy (non-hydrogen) atoms. The van der Waals surface area contributed by atoms with E-state index in [1.54, 1.807) is 0 Å². The van der Waals surface area contributed by atoms with Crippen molar-refractivity contribution >= 4 is 37.4 Å². The Morgan fingerprint density at radius 2 is 2.29 bits per heavy atom. The summed E-state index contributed by atoms with van der Waals surface area (Å²) in [7, 11) is 1.91. The van der Waals surface area contributed by atoms with Crippen molar-refractivity contribution in [3.8, 4) is 0 Å². The minimum atomic E-state index is 0.753. The number of hydrogen-bond donors (Lipinski definition) is 1. The molecule has 0 unspecified atom stereocenters. The highest BCUT2D eigenvalue weighted by atomic mass is 79.9. The highest BCUT2D eigenvalue weighted by molar-refractivity contribution is 9.11. The lowest BCUT2D eigenvalue weighted by atomic mass is 10.4. The number of hydrogen-bond acceptors (Lipinski definition) is 2. The average Bonchev–Trinajstić information content (AvgIpc) is 2.46. The molecule has 0 spiro atoms. The number of nitrogens with zero attached hydrogens (tertiary/aromatic N) is 2. The van der Waals surface area contributed by atoms with Crippen molar-refractivity contribution in [1.82, 2.24) is 14.7 Å². The molecule has 2 aromatic rings. The van der Waals surface area contributed by atoms with Crippen LogP contribution >= 0.6 is 31.9 Å². The van der Waals surface area contributed by atoms with Crippen LogP contribution in [0.2, 0.25) is 0 Å². The van der Waals surface area contributed by atoms with Crippen molar-refractivity contribution in [2.24, 2.45) is 0 Å². The molecule has 0 bridgehead atoms. The monoisotopic (exact) mass is 317 g/mol. The molecule has 0 saturated carbocycles. The predicted molar refractivity (Wildman–Crippen MR) is 63.4 cm³/mol. The van der Waals surface area contributed by atoms with Gasteiger partial charge in [0.1, 0.15) is 10.4 Å². The maximum atomic E-state index is 4.43. The summed E-state index contributed by atoms with van der Waals surface area (Å²) in [6.45, 7) is 0.753. The van der Waals surface area contributed by atoms with Crippen LogP contribution in [0.25, 0.3) is 5.52 Å². The topological polar surface area (TPSA) is 29.3 Å². The van der Waals surface area contributed by atoms with Gasteiger partial charge in [-0.1, -0.05) is 0 Å². The Morgan fingerprint density at radius 3 is 3.00 bits per heavy atom. The number of halogens is 2. The van der Waals surface area contributed by atoms with Gasteiger partial charge < -0.3 is 9.72 Å². The fraction of sp³-hybridized carbons (Fsp3) is 0.222. The van der Waals surface area contributed by atoms with Crippen molar-refractivity contribution in [3.63, 3.8) is 0 Å². The van der Waals surface area contributed by atoms with Gasteiger partial charge in [-0.15, -0.1) is 0 Å². The SMILES string of the molecule is CNCc1nc(Br)c2c(Br)cccn12. The molecule has 0 amide bonds. The highest BCUT2D eigenvalue weighted by Crippen LogP contribution is 2.26. The molecule has 0 atom stereocenters. The van der Waals surface area contributed by atoms with E-state index >= 15 is 0 Å². The van der Waals surface area contributed by atoms with Crippen LogP contribution in [0.15, 0.2) is 27.4 Å². The molecular weight excluding hydrogens is 310 g/mol. The molecule has 0 aliphatic carbocycles. The van der Waals surface area contributed by atoms with Crippen LogP contribution in [0, 0.1) is 0 Å². The number of nitrogens with one attached hydrogen (secondary N) is 1. The van der Waals surface area contributed by atoms with Crippen LogP contribution in [-0.4, -0.2) is 16.4 Å². The first-order chi connectivity index (χ1) is 6.74. The molecule has 74 valence electrons. The van der Waals surface area contributed by atoms with Gasteiger partial charge in [0.15, 0.2) is 0 Å². The number of pyridine rings is 1. The fourth-order valence-corrected chi connectivity index (χ4v) is 2.80. The lowest BCUT2D eigenvalue weighted by Crippen LogP contribution is -2.08. The fourth-order valence-electron chi connectivity index (χ4n) is 1.40. The van der Waals surface area contributed by atoms with Gasteiger partial charge in [-0.25, -0.2) is 4.98 Å². The maximum Gasteiger partial charge on any atom is 0.133 e. The lowest BCUT2D eigenvalue weighted by Gasteiger charge is -2.00. The zero-order valence-corrected chi connectivity index (χ0v) is 10.8. The summed E-state index contributed by atoms with van der Waals surface area (Å²) in [6.07, 6.45) is 2.00. The van der Waals surface area contributed by atoms with E-state index in [1.165, 1.54) is 0 Å². The Morgan fingerprint density at radius 1 is 1.50 bits per heavy atom. The quantitative estimate of drug-likeness (QED) is 0.922. The zero-order chi connectivity index (χ0) is 10.1. The van der Waals surface area contributed by atoms with E-state index in [1.807, 2.05) is 25.4 Å². The minimum absolute atomic E-state index is 0.753. The number of aromatic nitrogens is 2. The van der Waals surface area contributed by atoms with Crippen LogP contribution in [0.4, 0.5) is 0 Å². The highest BCUT2D eigenvalue weighted by Gasteiger charge is 2.09. The first-order valence-corrected chi connectivity index (χ1v) is 5.78. The number of imidazole rings is 1. The molecule has 5 heteroatoms. The second-order valence-corrected chi connectivity index (χ2v) is 4.53. The molecule has 0 aliphatic rings. The van der Waals surface area contributed by atoms with Crippen molar-refractivity contribution in [2.45, 2.75) is 6.54 Å². The van der Waals surface area contributed by atoms with Crippen molar-refractivity contribution in [1.29, 1.82) is 0 Å². The smallest absolute Gasteiger partial charge is 0.133 e. The Balaban J connectivity index is 2.71. The normalized spacial score (nSPS) is 11.1. The van der Waals surface area contributed by atoms with Gasteiger partial charge in [0.05, 0.1) is 12.1 Å². The third kappa shape index (κ3) is 1.60. The van der Waals surface area contributed by atoms with Crippen molar-refractivity contribution in [3.05, 3.63) is 33.2 Å². The van der Waals surface area contributed by atoms with E-state index in [0.29, 0.717) is 0 Å². The van der Waals surface area contributed by atoms with Crippen LogP contribution in [0.1, 0.15) is 5.82 Å². The first-order valence-electron chi connectivity index (χ1n) is 4.19. The van der Waals surface area contributed by atoms with Crippen LogP contribution in [0.3, 0.4) is 0 Å². The van der Waals surface area contributed by atoms with Gasteiger partial charge in [0.2, 0.25) is 0 Å². The number of fused-ring (bicyclic) bond motifs is 1. The standard InChI is InChI=1S/C9H9Br2N3/c1-12-5-7-13-9(11)8-6(10)3-2-4-14(7)8/h2-4,12H,5H2,1H3. The Labute approximate surface area is 98.8 Å². The maximum absolute atomic E-state index is 4.43. The van der Waals surface area contributed by atoms with E-state index in [-0.39, 0.29) is 0 Å². The van der Waals surface area contributed by atoms with Crippen LogP contribution in [-0.2, 0) is 6.54 Å². The summed E-state index contributed by atoms with van der Waals surface area (Å²) in [5.41, 5.74) is 1.07. The summed E-state index contributed by atoms with van der Waals surface area (Å²) in [6, 6.07) is 4.00. The van der Waals surface area contributed by atoms with Gasteiger partial charge in [-0.05, 0) is 51.0 Å². The third-order valence-corrected chi connectivity index (χ3v) is 3.17. The van der Waals surface area contributed by atoms with Crippen molar-refractivity contribution < 1.29 is 0 Å². The first kappa shape index (κ1) is 10.1. The Bertz CT molecular complexity index is 464. The summed E-state index contributed by atoms with van der Waals surface area (Å²) in [4.78, 5) is 4.43. The molecule has 0 saturated heterocycles. The molecular formula is C9H9Br2N3. The molecule has 2 heterocycles. The van der Waals surface area contributed by atoms with Gasteiger partial charge >= 0.3 is 0 Å². The van der Waals surface area contributed by atoms with Crippen LogP contribution in [0.5, 0.6) is 0 Å². The Hall–Kier alpha value is -0.390. The summed E-state index contributed by atoms with van der Waals surface area (Å²) in [5.74, 6) is 0.996. The van der Waals surface area contributed by atoms with Crippen molar-refractivity contribution in [2.75, 3.05) is 7.05 Å². The second-order valence-electron chi connectivity index (χ2n) is 2.92. The van der Waals surface area contributed by atoms with E-state index in [4.69, 9.17) is 0 Å². The molecule has 3 nitrogen and oxygen atoms in total. The molecule has 0 aromatic carbocycles. The Kier molecular flexibility index (Phi) is 2.90. The largest absolute Gasteiger partial charge is 0.313 e. The summed E-state index contributed by atoms with van der Waals surface area (Å²) < 4.78 is 3.97. The molecule has 0 radical (unpaired) electrons. The van der Waals surface area contributed by atoms with Gasteiger partial charge in [0, 0.05) is 10.7 Å². The number of rotatable bonds is 2. The molecule has 2 rings (SSSR count). The van der Waals surface area contributed by atoms with Gasteiger partial charge in [-0.3, -0.25) is 0 Å². The molecule has 1 N–H and O–H groups in total. The van der Waals surface area contributed by atoms with Gasteiger partial charge in [0.25, 0.3) is 0 Å². The van der Waals surface area contributed by atoms with E-state index in [9.17, 15) is 0 Å². The molecule has 0 fully saturated rings. The molecule has 2 aromatic heterocycles. The van der Waals surface area contributed by atoms with E-state index in [2.05, 4.69) is 46.6 Å². The zero-order valence-electron chi connectivity index (χ0n) is 7.59. The van der Waals surface area contributed by atoms with Gasteiger partial charge in [-0.2, -0.15) is 0 Å². The van der Waals surface area contributed by atoms with E-state index in [0.717, 1.165) is 27.0 Å². The third-order valence-electron chi connectivity index (χ3n) is 1.98. The van der Waals surface area contributed by atoms with E-state index < -0.39 is 0 Å².